The Labute approximate surface area is 128 Å². The largest absolute Gasteiger partial charge is 0.469 e. The zero-order valence-electron chi connectivity index (χ0n) is 12.3. The minimum atomic E-state index is -3.62. The molecule has 1 fully saturated rings. The number of aromatic nitrogens is 1. The highest BCUT2D eigenvalue weighted by Crippen LogP contribution is 2.30. The van der Waals surface area contributed by atoms with Crippen LogP contribution in [0.3, 0.4) is 0 Å². The van der Waals surface area contributed by atoms with Crippen molar-refractivity contribution in [1.82, 2.24) is 9.29 Å². The molecule has 1 aromatic heterocycles. The fraction of sp³-hybridized carbons (Fsp3) is 0.333. The standard InChI is InChI=1S/C15H16N2O4S/c1-10-6-13-11(7-16-10)4-3-5-14(13)22(19,20)17-8-12(9-17)15(18)21-2/h3-7,12H,8-9H2,1-2H3. The van der Waals surface area contributed by atoms with Crippen LogP contribution in [-0.2, 0) is 19.6 Å². The predicted octanol–water partition coefficient (Wildman–Crippen LogP) is 1.34. The maximum Gasteiger partial charge on any atom is 0.311 e. The van der Waals surface area contributed by atoms with Gasteiger partial charge in [-0.25, -0.2) is 8.42 Å². The number of benzene rings is 1. The van der Waals surface area contributed by atoms with Crippen LogP contribution in [0, 0.1) is 12.8 Å². The summed E-state index contributed by atoms with van der Waals surface area (Å²) in [5, 5.41) is 1.42. The van der Waals surface area contributed by atoms with Crippen LogP contribution in [0.2, 0.25) is 0 Å². The van der Waals surface area contributed by atoms with E-state index in [9.17, 15) is 13.2 Å². The van der Waals surface area contributed by atoms with Crippen LogP contribution >= 0.6 is 0 Å². The molecule has 0 radical (unpaired) electrons. The number of hydrogen-bond acceptors (Lipinski definition) is 5. The molecule has 2 heterocycles. The molecule has 0 unspecified atom stereocenters. The smallest absolute Gasteiger partial charge is 0.311 e. The first-order valence-electron chi connectivity index (χ1n) is 6.87. The number of sulfonamides is 1. The van der Waals surface area contributed by atoms with E-state index in [0.29, 0.717) is 5.39 Å². The van der Waals surface area contributed by atoms with Crippen molar-refractivity contribution in [2.75, 3.05) is 20.2 Å². The minimum Gasteiger partial charge on any atom is -0.469 e. The van der Waals surface area contributed by atoms with Gasteiger partial charge in [0.1, 0.15) is 0 Å². The maximum atomic E-state index is 12.7. The molecule has 6 nitrogen and oxygen atoms in total. The fourth-order valence-electron chi connectivity index (χ4n) is 2.56. The van der Waals surface area contributed by atoms with Gasteiger partial charge in [-0.05, 0) is 19.1 Å². The second-order valence-electron chi connectivity index (χ2n) is 5.35. The number of hydrogen-bond donors (Lipinski definition) is 0. The van der Waals surface area contributed by atoms with E-state index < -0.39 is 10.0 Å². The van der Waals surface area contributed by atoms with Gasteiger partial charge in [0.2, 0.25) is 10.0 Å². The third-order valence-electron chi connectivity index (χ3n) is 3.86. The number of rotatable bonds is 3. The lowest BCUT2D eigenvalue weighted by Gasteiger charge is -2.36. The van der Waals surface area contributed by atoms with Crippen molar-refractivity contribution in [1.29, 1.82) is 0 Å². The molecule has 1 saturated heterocycles. The Kier molecular flexibility index (Phi) is 3.62. The Morgan fingerprint density at radius 2 is 2.09 bits per heavy atom. The Morgan fingerprint density at radius 3 is 2.77 bits per heavy atom. The van der Waals surface area contributed by atoms with E-state index in [1.165, 1.54) is 11.4 Å². The Bertz CT molecular complexity index is 842. The van der Waals surface area contributed by atoms with E-state index >= 15 is 0 Å². The average molecular weight is 320 g/mol. The van der Waals surface area contributed by atoms with Gasteiger partial charge >= 0.3 is 5.97 Å². The normalized spacial score (nSPS) is 16.5. The van der Waals surface area contributed by atoms with Crippen LogP contribution < -0.4 is 0 Å². The highest BCUT2D eigenvalue weighted by molar-refractivity contribution is 7.89. The van der Waals surface area contributed by atoms with Gasteiger partial charge in [0.05, 0.1) is 17.9 Å². The van der Waals surface area contributed by atoms with Gasteiger partial charge in [-0.2, -0.15) is 4.31 Å². The number of esters is 1. The van der Waals surface area contributed by atoms with Crippen molar-refractivity contribution in [2.45, 2.75) is 11.8 Å². The summed E-state index contributed by atoms with van der Waals surface area (Å²) >= 11 is 0. The van der Waals surface area contributed by atoms with Crippen LogP contribution in [-0.4, -0.2) is 43.9 Å². The molecule has 2 aromatic rings. The van der Waals surface area contributed by atoms with Crippen LogP contribution in [0.15, 0.2) is 35.4 Å². The number of ether oxygens (including phenoxy) is 1. The molecule has 0 saturated carbocycles. The van der Waals surface area contributed by atoms with Gasteiger partial charge < -0.3 is 4.74 Å². The first kappa shape index (κ1) is 14.9. The van der Waals surface area contributed by atoms with Crippen molar-refractivity contribution < 1.29 is 17.9 Å². The van der Waals surface area contributed by atoms with Crippen LogP contribution in [0.1, 0.15) is 5.69 Å². The van der Waals surface area contributed by atoms with Gasteiger partial charge in [0.25, 0.3) is 0 Å². The first-order valence-corrected chi connectivity index (χ1v) is 8.31. The summed E-state index contributed by atoms with van der Waals surface area (Å²) in [5.41, 5.74) is 0.756. The number of fused-ring (bicyclic) bond motifs is 1. The highest BCUT2D eigenvalue weighted by atomic mass is 32.2. The van der Waals surface area contributed by atoms with Gasteiger partial charge in [-0.1, -0.05) is 12.1 Å². The van der Waals surface area contributed by atoms with Gasteiger partial charge in [0, 0.05) is 35.8 Å². The first-order chi connectivity index (χ1) is 10.4. The Balaban J connectivity index is 1.97. The molecule has 3 rings (SSSR count). The van der Waals surface area contributed by atoms with E-state index in [2.05, 4.69) is 9.72 Å². The van der Waals surface area contributed by atoms with Gasteiger partial charge in [-0.15, -0.1) is 0 Å². The third-order valence-corrected chi connectivity index (χ3v) is 5.75. The summed E-state index contributed by atoms with van der Waals surface area (Å²) < 4.78 is 31.4. The molecule has 7 heteroatoms. The van der Waals surface area contributed by atoms with E-state index in [1.54, 1.807) is 24.4 Å². The highest BCUT2D eigenvalue weighted by Gasteiger charge is 2.41. The molecule has 0 aliphatic carbocycles. The molecule has 1 aliphatic heterocycles. The maximum absolute atomic E-state index is 12.7. The molecule has 0 atom stereocenters. The third kappa shape index (κ3) is 2.36. The number of aryl methyl sites for hydroxylation is 1. The molecule has 0 amide bonds. The van der Waals surface area contributed by atoms with Crippen molar-refractivity contribution in [3.05, 3.63) is 36.2 Å². The van der Waals surface area contributed by atoms with Gasteiger partial charge in [-0.3, -0.25) is 9.78 Å². The SMILES string of the molecule is COC(=O)C1CN(S(=O)(=O)c2cccc3cnc(C)cc23)C1. The van der Waals surface area contributed by atoms with Crippen LogP contribution in [0.25, 0.3) is 10.8 Å². The quantitative estimate of drug-likeness (QED) is 0.798. The molecular formula is C15H16N2O4S. The monoisotopic (exact) mass is 320 g/mol. The lowest BCUT2D eigenvalue weighted by atomic mass is 10.0. The summed E-state index contributed by atoms with van der Waals surface area (Å²) in [4.78, 5) is 15.8. The molecule has 1 aliphatic rings. The van der Waals surface area contributed by atoms with Crippen LogP contribution in [0.4, 0.5) is 0 Å². The summed E-state index contributed by atoms with van der Waals surface area (Å²) in [7, 11) is -2.32. The molecule has 0 bridgehead atoms. The van der Waals surface area contributed by atoms with Crippen molar-refractivity contribution in [3.63, 3.8) is 0 Å². The molecular weight excluding hydrogens is 304 g/mol. The average Bonchev–Trinajstić information content (AvgIpc) is 2.44. The molecule has 116 valence electrons. The molecule has 0 spiro atoms. The number of nitrogens with zero attached hydrogens (tertiary/aromatic N) is 2. The lowest BCUT2D eigenvalue weighted by molar-refractivity contribution is -0.149. The Morgan fingerprint density at radius 1 is 1.36 bits per heavy atom. The van der Waals surface area contributed by atoms with Crippen LogP contribution in [0.5, 0.6) is 0 Å². The summed E-state index contributed by atoms with van der Waals surface area (Å²) in [6.07, 6.45) is 1.66. The predicted molar refractivity (Wildman–Crippen MR) is 80.7 cm³/mol. The molecule has 0 N–H and O–H groups in total. The zero-order chi connectivity index (χ0) is 15.9. The fourth-order valence-corrected chi connectivity index (χ4v) is 4.30. The molecule has 22 heavy (non-hydrogen) atoms. The number of carbonyl (C=O) groups is 1. The van der Waals surface area contributed by atoms with Crippen molar-refractivity contribution >= 4 is 26.8 Å². The van der Waals surface area contributed by atoms with E-state index in [0.717, 1.165) is 11.1 Å². The summed E-state index contributed by atoms with van der Waals surface area (Å²) in [6.45, 7) is 2.14. The summed E-state index contributed by atoms with van der Waals surface area (Å²) in [5.74, 6) is -0.748. The van der Waals surface area contributed by atoms with E-state index in [1.807, 2.05) is 13.0 Å². The van der Waals surface area contributed by atoms with Crippen molar-refractivity contribution in [2.24, 2.45) is 5.92 Å². The number of methoxy groups -OCH3 is 1. The van der Waals surface area contributed by atoms with E-state index in [4.69, 9.17) is 0 Å². The summed E-state index contributed by atoms with van der Waals surface area (Å²) in [6, 6.07) is 6.88. The lowest BCUT2D eigenvalue weighted by Crippen LogP contribution is -2.53. The van der Waals surface area contributed by atoms with E-state index in [-0.39, 0.29) is 29.9 Å². The minimum absolute atomic E-state index is 0.162. The second kappa shape index (κ2) is 5.33. The topological polar surface area (TPSA) is 76.6 Å². The molecule has 1 aromatic carbocycles. The zero-order valence-corrected chi connectivity index (χ0v) is 13.1. The Hall–Kier alpha value is -1.99. The number of carbonyl (C=O) groups excluding carboxylic acids is 1. The van der Waals surface area contributed by atoms with Gasteiger partial charge in [0.15, 0.2) is 0 Å². The second-order valence-corrected chi connectivity index (χ2v) is 7.25. The van der Waals surface area contributed by atoms with Crippen molar-refractivity contribution in [3.8, 4) is 0 Å². The number of pyridine rings is 1.